The van der Waals surface area contributed by atoms with Gasteiger partial charge >= 0.3 is 5.97 Å². The van der Waals surface area contributed by atoms with Gasteiger partial charge in [-0.05, 0) is 43.2 Å². The Labute approximate surface area is 188 Å². The molecule has 0 heterocycles. The molecule has 0 saturated heterocycles. The van der Waals surface area contributed by atoms with Gasteiger partial charge in [0.25, 0.3) is 0 Å². The van der Waals surface area contributed by atoms with Crippen molar-refractivity contribution in [3.63, 3.8) is 0 Å². The second kappa shape index (κ2) is 11.2. The summed E-state index contributed by atoms with van der Waals surface area (Å²) in [6, 6.07) is 9.15. The number of benzene rings is 2. The van der Waals surface area contributed by atoms with Gasteiger partial charge in [0.1, 0.15) is 11.6 Å². The van der Waals surface area contributed by atoms with Gasteiger partial charge in [-0.25, -0.2) is 4.79 Å². The standard InChI is InChI=1S/C22H28N4O4.ClH/c1-5-30-22(28)18(26-14-8-6-13(7-9-14)20(23)24)16-11-10-15(21(25)27)17(12(2)3)19(16)29-4;/h6-12,18,26H,5H2,1-4H3,(H3,23,24)(H2,25,27);1H. The number of esters is 1. The van der Waals surface area contributed by atoms with Crippen molar-refractivity contribution in [2.24, 2.45) is 11.5 Å². The number of rotatable bonds is 9. The largest absolute Gasteiger partial charge is 0.496 e. The first-order valence-electron chi connectivity index (χ1n) is 9.59. The highest BCUT2D eigenvalue weighted by Crippen LogP contribution is 2.38. The molecule has 1 atom stereocenters. The van der Waals surface area contributed by atoms with Crippen molar-refractivity contribution in [1.82, 2.24) is 0 Å². The summed E-state index contributed by atoms with van der Waals surface area (Å²) in [4.78, 5) is 24.7. The van der Waals surface area contributed by atoms with Gasteiger partial charge in [0.05, 0.1) is 13.7 Å². The molecule has 0 bridgehead atoms. The van der Waals surface area contributed by atoms with Crippen LogP contribution in [0.1, 0.15) is 59.8 Å². The lowest BCUT2D eigenvalue weighted by Crippen LogP contribution is -2.25. The molecule has 0 spiro atoms. The minimum atomic E-state index is -0.887. The van der Waals surface area contributed by atoms with E-state index in [2.05, 4.69) is 5.32 Å². The molecule has 0 aliphatic carbocycles. The van der Waals surface area contributed by atoms with E-state index in [-0.39, 0.29) is 30.8 Å². The van der Waals surface area contributed by atoms with E-state index in [0.717, 1.165) is 0 Å². The predicted octanol–water partition coefficient (Wildman–Crippen LogP) is 3.34. The van der Waals surface area contributed by atoms with Crippen molar-refractivity contribution in [3.05, 3.63) is 58.7 Å². The summed E-state index contributed by atoms with van der Waals surface area (Å²) in [5.41, 5.74) is 13.7. The van der Waals surface area contributed by atoms with Crippen LogP contribution in [0.25, 0.3) is 0 Å². The number of nitrogens with one attached hydrogen (secondary N) is 2. The van der Waals surface area contributed by atoms with Gasteiger partial charge < -0.3 is 26.3 Å². The van der Waals surface area contributed by atoms with Crippen molar-refractivity contribution < 1.29 is 19.1 Å². The van der Waals surface area contributed by atoms with E-state index in [9.17, 15) is 9.59 Å². The van der Waals surface area contributed by atoms with E-state index in [0.29, 0.717) is 33.7 Å². The Kier molecular flexibility index (Phi) is 9.33. The molecule has 2 aromatic rings. The van der Waals surface area contributed by atoms with Crippen LogP contribution < -0.4 is 21.5 Å². The molecule has 8 nitrogen and oxygen atoms in total. The quantitative estimate of drug-likeness (QED) is 0.263. The van der Waals surface area contributed by atoms with E-state index in [1.54, 1.807) is 43.3 Å². The Bertz CT molecular complexity index is 945. The van der Waals surface area contributed by atoms with Crippen molar-refractivity contribution in [1.29, 1.82) is 5.41 Å². The number of nitrogen functional groups attached to an aromatic ring is 1. The van der Waals surface area contributed by atoms with Crippen molar-refractivity contribution >= 4 is 35.8 Å². The molecule has 0 radical (unpaired) electrons. The van der Waals surface area contributed by atoms with Gasteiger partial charge in [-0.2, -0.15) is 0 Å². The van der Waals surface area contributed by atoms with Crippen LogP contribution in [0, 0.1) is 5.41 Å². The molecule has 1 unspecified atom stereocenters. The molecular weight excluding hydrogens is 420 g/mol. The van der Waals surface area contributed by atoms with Crippen LogP contribution in [0.3, 0.4) is 0 Å². The summed E-state index contributed by atoms with van der Waals surface area (Å²) in [6.45, 7) is 5.77. The first kappa shape index (κ1) is 25.8. The van der Waals surface area contributed by atoms with Crippen LogP contribution in [0.4, 0.5) is 5.69 Å². The maximum Gasteiger partial charge on any atom is 0.333 e. The summed E-state index contributed by atoms with van der Waals surface area (Å²) < 4.78 is 10.9. The van der Waals surface area contributed by atoms with E-state index in [1.165, 1.54) is 7.11 Å². The number of nitrogens with two attached hydrogens (primary N) is 2. The Morgan fingerprint density at radius 1 is 1.10 bits per heavy atom. The number of carbonyl (C=O) groups excluding carboxylic acids is 2. The molecular formula is C22H29ClN4O4. The van der Waals surface area contributed by atoms with Crippen LogP contribution in [0.2, 0.25) is 0 Å². The van der Waals surface area contributed by atoms with E-state index in [1.807, 2.05) is 13.8 Å². The van der Waals surface area contributed by atoms with Crippen molar-refractivity contribution in [2.75, 3.05) is 19.0 Å². The lowest BCUT2D eigenvalue weighted by molar-refractivity contribution is -0.144. The fourth-order valence-electron chi connectivity index (χ4n) is 3.26. The highest BCUT2D eigenvalue weighted by atomic mass is 35.5. The number of carbonyl (C=O) groups is 2. The second-order valence-electron chi connectivity index (χ2n) is 6.99. The minimum Gasteiger partial charge on any atom is -0.496 e. The molecule has 0 saturated carbocycles. The molecule has 0 fully saturated rings. The molecule has 2 aromatic carbocycles. The van der Waals surface area contributed by atoms with Crippen LogP contribution in [0.5, 0.6) is 5.75 Å². The maximum atomic E-state index is 12.8. The number of methoxy groups -OCH3 is 1. The molecule has 0 aromatic heterocycles. The van der Waals surface area contributed by atoms with Gasteiger partial charge in [0, 0.05) is 27.9 Å². The summed E-state index contributed by atoms with van der Waals surface area (Å²) in [5.74, 6) is -0.766. The predicted molar refractivity (Wildman–Crippen MR) is 123 cm³/mol. The maximum absolute atomic E-state index is 12.8. The number of hydrogen-bond acceptors (Lipinski definition) is 6. The molecule has 9 heteroatoms. The summed E-state index contributed by atoms with van der Waals surface area (Å²) in [7, 11) is 1.49. The van der Waals surface area contributed by atoms with Gasteiger partial charge in [0.15, 0.2) is 6.04 Å². The molecule has 1 amide bonds. The monoisotopic (exact) mass is 448 g/mol. The third kappa shape index (κ3) is 5.88. The summed E-state index contributed by atoms with van der Waals surface area (Å²) in [6.07, 6.45) is 0. The zero-order chi connectivity index (χ0) is 22.4. The van der Waals surface area contributed by atoms with Crippen molar-refractivity contribution in [3.8, 4) is 5.75 Å². The summed E-state index contributed by atoms with van der Waals surface area (Å²) in [5, 5.41) is 10.7. The number of halogens is 1. The van der Waals surface area contributed by atoms with E-state index in [4.69, 9.17) is 26.4 Å². The average molecular weight is 449 g/mol. The zero-order valence-electron chi connectivity index (χ0n) is 18.0. The zero-order valence-corrected chi connectivity index (χ0v) is 18.8. The van der Waals surface area contributed by atoms with E-state index >= 15 is 0 Å². The first-order chi connectivity index (χ1) is 14.2. The molecule has 2 rings (SSSR count). The van der Waals surface area contributed by atoms with Crippen molar-refractivity contribution in [2.45, 2.75) is 32.7 Å². The highest BCUT2D eigenvalue weighted by Gasteiger charge is 2.29. The number of hydrogen-bond donors (Lipinski definition) is 4. The lowest BCUT2D eigenvalue weighted by Gasteiger charge is -2.24. The number of amidine groups is 1. The first-order valence-corrected chi connectivity index (χ1v) is 9.59. The van der Waals surface area contributed by atoms with E-state index < -0.39 is 17.9 Å². The molecule has 0 aliphatic heterocycles. The molecule has 31 heavy (non-hydrogen) atoms. The van der Waals surface area contributed by atoms with Gasteiger partial charge in [0.2, 0.25) is 5.91 Å². The third-order valence-corrected chi connectivity index (χ3v) is 4.61. The fourth-order valence-corrected chi connectivity index (χ4v) is 3.26. The Morgan fingerprint density at radius 3 is 2.16 bits per heavy atom. The minimum absolute atomic E-state index is 0. The number of primary amides is 1. The Balaban J connectivity index is 0.00000480. The molecule has 168 valence electrons. The smallest absolute Gasteiger partial charge is 0.333 e. The number of amides is 1. The Morgan fingerprint density at radius 2 is 1.71 bits per heavy atom. The van der Waals surface area contributed by atoms with Crippen LogP contribution in [0.15, 0.2) is 36.4 Å². The van der Waals surface area contributed by atoms with Crippen LogP contribution in [-0.2, 0) is 9.53 Å². The SMILES string of the molecule is CCOC(=O)C(Nc1ccc(C(=N)N)cc1)c1ccc(C(N)=O)c(C(C)C)c1OC.Cl. The van der Waals surface area contributed by atoms with Crippen LogP contribution in [-0.4, -0.2) is 31.4 Å². The van der Waals surface area contributed by atoms with Gasteiger partial charge in [-0.15, -0.1) is 12.4 Å². The molecule has 0 aliphatic rings. The van der Waals surface area contributed by atoms with Crippen LogP contribution >= 0.6 is 12.4 Å². The van der Waals surface area contributed by atoms with Gasteiger partial charge in [-0.3, -0.25) is 10.2 Å². The topological polar surface area (TPSA) is 141 Å². The Hall–Kier alpha value is -3.26. The second-order valence-corrected chi connectivity index (χ2v) is 6.99. The summed E-state index contributed by atoms with van der Waals surface area (Å²) >= 11 is 0. The highest BCUT2D eigenvalue weighted by molar-refractivity contribution is 5.96. The number of ether oxygens (including phenoxy) is 2. The third-order valence-electron chi connectivity index (χ3n) is 4.61. The average Bonchev–Trinajstić information content (AvgIpc) is 2.71. The lowest BCUT2D eigenvalue weighted by atomic mass is 9.90. The normalized spacial score (nSPS) is 11.3. The van der Waals surface area contributed by atoms with Gasteiger partial charge in [-0.1, -0.05) is 19.9 Å². The number of anilines is 1. The molecule has 6 N–H and O–H groups in total. The fraction of sp³-hybridized carbons (Fsp3) is 0.318.